The van der Waals surface area contributed by atoms with Crippen LogP contribution in [0.4, 0.5) is 15.8 Å². The van der Waals surface area contributed by atoms with Crippen LogP contribution in [0.25, 0.3) is 0 Å². The van der Waals surface area contributed by atoms with Gasteiger partial charge in [-0.3, -0.25) is 10.1 Å². The van der Waals surface area contributed by atoms with Gasteiger partial charge in [0.2, 0.25) is 5.82 Å². The SMILES string of the molecule is COc1ccc(OC)c2c1CN(c1cccc(F)c1[N+](=O)[O-])CC2O. The van der Waals surface area contributed by atoms with E-state index in [1.165, 1.54) is 26.4 Å². The number of nitrogens with zero attached hydrogens (tertiary/aromatic N) is 2. The van der Waals surface area contributed by atoms with Crippen LogP contribution in [0.15, 0.2) is 30.3 Å². The number of aliphatic hydroxyl groups excluding tert-OH is 1. The van der Waals surface area contributed by atoms with Gasteiger partial charge in [-0.15, -0.1) is 0 Å². The van der Waals surface area contributed by atoms with Gasteiger partial charge in [-0.25, -0.2) is 0 Å². The third-order valence-electron chi connectivity index (χ3n) is 4.28. The second kappa shape index (κ2) is 6.56. The average molecular weight is 348 g/mol. The van der Waals surface area contributed by atoms with Crippen LogP contribution >= 0.6 is 0 Å². The fourth-order valence-electron chi connectivity index (χ4n) is 3.20. The van der Waals surface area contributed by atoms with E-state index in [0.29, 0.717) is 22.6 Å². The number of benzene rings is 2. The summed E-state index contributed by atoms with van der Waals surface area (Å²) in [7, 11) is 3.00. The maximum absolute atomic E-state index is 13.9. The van der Waals surface area contributed by atoms with Gasteiger partial charge in [-0.05, 0) is 24.3 Å². The summed E-state index contributed by atoms with van der Waals surface area (Å²) in [5.74, 6) is 0.121. The normalized spacial score (nSPS) is 16.3. The number of hydrogen-bond acceptors (Lipinski definition) is 6. The maximum atomic E-state index is 13.9. The topological polar surface area (TPSA) is 85.1 Å². The lowest BCUT2D eigenvalue weighted by Crippen LogP contribution is -2.34. The first kappa shape index (κ1) is 17.0. The Hall–Kier alpha value is -2.87. The molecule has 1 unspecified atom stereocenters. The lowest BCUT2D eigenvalue weighted by Gasteiger charge is -2.35. The van der Waals surface area contributed by atoms with Gasteiger partial charge in [-0.1, -0.05) is 6.07 Å². The van der Waals surface area contributed by atoms with E-state index in [4.69, 9.17) is 9.47 Å². The molecule has 8 heteroatoms. The molecule has 1 aliphatic rings. The van der Waals surface area contributed by atoms with Crippen molar-refractivity contribution in [2.24, 2.45) is 0 Å². The number of rotatable bonds is 4. The van der Waals surface area contributed by atoms with Crippen molar-refractivity contribution >= 4 is 11.4 Å². The lowest BCUT2D eigenvalue weighted by molar-refractivity contribution is -0.386. The van der Waals surface area contributed by atoms with E-state index in [0.717, 1.165) is 6.07 Å². The Morgan fingerprint density at radius 1 is 1.24 bits per heavy atom. The van der Waals surface area contributed by atoms with Gasteiger partial charge >= 0.3 is 5.69 Å². The number of nitro benzene ring substituents is 1. The molecule has 0 aliphatic carbocycles. The zero-order valence-electron chi connectivity index (χ0n) is 13.7. The number of anilines is 1. The quantitative estimate of drug-likeness (QED) is 0.675. The molecule has 25 heavy (non-hydrogen) atoms. The molecule has 2 aromatic rings. The van der Waals surface area contributed by atoms with E-state index in [1.54, 1.807) is 17.0 Å². The van der Waals surface area contributed by atoms with Crippen LogP contribution in [0.5, 0.6) is 11.5 Å². The van der Waals surface area contributed by atoms with E-state index in [2.05, 4.69) is 0 Å². The summed E-state index contributed by atoms with van der Waals surface area (Å²) in [6.45, 7) is 0.290. The first-order valence-corrected chi connectivity index (χ1v) is 7.57. The molecule has 2 aromatic carbocycles. The highest BCUT2D eigenvalue weighted by molar-refractivity contribution is 5.66. The highest BCUT2D eigenvalue weighted by Crippen LogP contribution is 2.42. The van der Waals surface area contributed by atoms with Crippen LogP contribution < -0.4 is 14.4 Å². The Morgan fingerprint density at radius 3 is 2.56 bits per heavy atom. The Morgan fingerprint density at radius 2 is 1.92 bits per heavy atom. The molecule has 1 aliphatic heterocycles. The van der Waals surface area contributed by atoms with Crippen LogP contribution in [0.3, 0.4) is 0 Å². The van der Waals surface area contributed by atoms with E-state index in [9.17, 15) is 19.6 Å². The summed E-state index contributed by atoms with van der Waals surface area (Å²) >= 11 is 0. The number of ether oxygens (including phenoxy) is 2. The standard InChI is InChI=1S/C17H17FN2O5/c1-24-14-6-7-15(25-2)16-10(14)8-19(9-13(16)21)12-5-3-4-11(18)17(12)20(22)23/h3-7,13,21H,8-9H2,1-2H3. The Bertz CT molecular complexity index is 827. The highest BCUT2D eigenvalue weighted by atomic mass is 19.1. The second-order valence-corrected chi connectivity index (χ2v) is 5.62. The fourth-order valence-corrected chi connectivity index (χ4v) is 3.20. The summed E-state index contributed by atoms with van der Waals surface area (Å²) in [6.07, 6.45) is -0.961. The van der Waals surface area contributed by atoms with Crippen molar-refractivity contribution in [2.75, 3.05) is 25.7 Å². The van der Waals surface area contributed by atoms with Gasteiger partial charge in [0, 0.05) is 24.2 Å². The van der Waals surface area contributed by atoms with Gasteiger partial charge in [0.15, 0.2) is 0 Å². The number of hydrogen-bond donors (Lipinski definition) is 1. The Balaban J connectivity index is 2.11. The van der Waals surface area contributed by atoms with E-state index in [1.807, 2.05) is 0 Å². The predicted molar refractivity (Wildman–Crippen MR) is 88.6 cm³/mol. The molecule has 0 aromatic heterocycles. The van der Waals surface area contributed by atoms with Crippen molar-refractivity contribution in [1.29, 1.82) is 0 Å². The second-order valence-electron chi connectivity index (χ2n) is 5.62. The number of halogens is 1. The van der Waals surface area contributed by atoms with Crippen molar-refractivity contribution in [3.05, 3.63) is 57.4 Å². The number of aliphatic hydroxyl groups is 1. The molecule has 3 rings (SSSR count). The molecule has 7 nitrogen and oxygen atoms in total. The highest BCUT2D eigenvalue weighted by Gasteiger charge is 2.33. The number of methoxy groups -OCH3 is 2. The Labute approximate surface area is 143 Å². The molecule has 0 spiro atoms. The van der Waals surface area contributed by atoms with Crippen LogP contribution in [-0.2, 0) is 6.54 Å². The molecule has 0 amide bonds. The van der Waals surface area contributed by atoms with Gasteiger partial charge < -0.3 is 19.5 Å². The summed E-state index contributed by atoms with van der Waals surface area (Å²) in [4.78, 5) is 12.1. The first-order chi connectivity index (χ1) is 12.0. The van der Waals surface area contributed by atoms with Crippen molar-refractivity contribution in [3.8, 4) is 11.5 Å². The van der Waals surface area contributed by atoms with E-state index in [-0.39, 0.29) is 18.8 Å². The van der Waals surface area contributed by atoms with Crippen LogP contribution in [0.2, 0.25) is 0 Å². The minimum Gasteiger partial charge on any atom is -0.496 e. The summed E-state index contributed by atoms with van der Waals surface area (Å²) < 4.78 is 24.6. The van der Waals surface area contributed by atoms with Gasteiger partial charge in [0.05, 0.1) is 19.1 Å². The third-order valence-corrected chi connectivity index (χ3v) is 4.28. The van der Waals surface area contributed by atoms with Crippen molar-refractivity contribution in [3.63, 3.8) is 0 Å². The molecular weight excluding hydrogens is 331 g/mol. The first-order valence-electron chi connectivity index (χ1n) is 7.57. The number of nitro groups is 1. The lowest BCUT2D eigenvalue weighted by atomic mass is 9.94. The molecule has 0 saturated carbocycles. The molecule has 1 atom stereocenters. The molecule has 0 radical (unpaired) electrons. The molecule has 0 bridgehead atoms. The van der Waals surface area contributed by atoms with E-state index >= 15 is 0 Å². The minimum atomic E-state index is -0.961. The number of β-amino-alcohol motifs (C(OH)–C–C–N with tert-alkyl or cyclic N) is 1. The Kier molecular flexibility index (Phi) is 4.45. The van der Waals surface area contributed by atoms with Crippen molar-refractivity contribution in [2.45, 2.75) is 12.6 Å². The summed E-state index contributed by atoms with van der Waals surface area (Å²) in [6, 6.07) is 7.31. The van der Waals surface area contributed by atoms with Crippen LogP contribution in [0.1, 0.15) is 17.2 Å². The zero-order valence-corrected chi connectivity index (χ0v) is 13.7. The van der Waals surface area contributed by atoms with Crippen LogP contribution in [0, 0.1) is 15.9 Å². The molecule has 1 heterocycles. The molecule has 0 saturated heterocycles. The smallest absolute Gasteiger partial charge is 0.327 e. The fraction of sp³-hybridized carbons (Fsp3) is 0.294. The van der Waals surface area contributed by atoms with Crippen LogP contribution in [-0.4, -0.2) is 30.8 Å². The van der Waals surface area contributed by atoms with Gasteiger partial charge in [0.25, 0.3) is 0 Å². The number of para-hydroxylation sites is 1. The molecular formula is C17H17FN2O5. The average Bonchev–Trinajstić information content (AvgIpc) is 2.60. The van der Waals surface area contributed by atoms with E-state index < -0.39 is 22.5 Å². The van der Waals surface area contributed by atoms with Gasteiger partial charge in [0.1, 0.15) is 23.3 Å². The van der Waals surface area contributed by atoms with Crippen molar-refractivity contribution in [1.82, 2.24) is 0 Å². The summed E-state index contributed by atoms with van der Waals surface area (Å²) in [5, 5.41) is 21.9. The van der Waals surface area contributed by atoms with Gasteiger partial charge in [-0.2, -0.15) is 4.39 Å². The minimum absolute atomic E-state index is 0.0703. The maximum Gasteiger partial charge on any atom is 0.327 e. The predicted octanol–water partition coefficient (Wildman–Crippen LogP) is 2.80. The zero-order chi connectivity index (χ0) is 18.1. The molecule has 1 N–H and O–H groups in total. The van der Waals surface area contributed by atoms with Crippen molar-refractivity contribution < 1.29 is 23.9 Å². The number of fused-ring (bicyclic) bond motifs is 1. The summed E-state index contributed by atoms with van der Waals surface area (Å²) in [5.41, 5.74) is 0.732. The largest absolute Gasteiger partial charge is 0.496 e. The monoisotopic (exact) mass is 348 g/mol. The molecule has 0 fully saturated rings. The third kappa shape index (κ3) is 2.85. The molecule has 132 valence electrons.